The van der Waals surface area contributed by atoms with Crippen LogP contribution >= 0.6 is 11.3 Å². The fraction of sp³-hybridized carbons (Fsp3) is 0.161. The second-order valence-electron chi connectivity index (χ2n) is 16.7. The van der Waals surface area contributed by atoms with Crippen LogP contribution in [0.3, 0.4) is 0 Å². The Balaban J connectivity index is 0.000000127. The van der Waals surface area contributed by atoms with E-state index < -0.39 is 0 Å². The number of hydrogen-bond donors (Lipinski definition) is 0. The van der Waals surface area contributed by atoms with E-state index in [1.165, 1.54) is 99.8 Å². The van der Waals surface area contributed by atoms with Gasteiger partial charge in [0.15, 0.2) is 0 Å². The van der Waals surface area contributed by atoms with Crippen LogP contribution in [0.25, 0.3) is 59.1 Å². The summed E-state index contributed by atoms with van der Waals surface area (Å²) in [5.74, 6) is 0. The van der Waals surface area contributed by atoms with Gasteiger partial charge in [0.25, 0.3) is 0 Å². The van der Waals surface area contributed by atoms with Crippen LogP contribution in [0.1, 0.15) is 68.4 Å². The lowest BCUT2D eigenvalue weighted by atomic mass is 9.78. The molecular formula is C62H60S. The Morgan fingerprint density at radius 3 is 1.52 bits per heavy atom. The SMILES string of the molecule is CC.Cc1ccc(-c2ccccc2)cc1.Cc1ccc2c(c1)C(C)(C)C1=C2C=CCC1.Cc1cccc(-c2ccc3sc4ccccc4c3c2)c1.c1ccc(-c2ccccc2)cc1. The van der Waals surface area contributed by atoms with Gasteiger partial charge in [-0.1, -0.05) is 244 Å². The third-order valence-electron chi connectivity index (χ3n) is 11.8. The summed E-state index contributed by atoms with van der Waals surface area (Å²) in [6.45, 7) is 15.2. The third-order valence-corrected chi connectivity index (χ3v) is 13.0. The van der Waals surface area contributed by atoms with Gasteiger partial charge in [-0.3, -0.25) is 0 Å². The lowest BCUT2D eigenvalue weighted by molar-refractivity contribution is 0.607. The molecule has 314 valence electrons. The van der Waals surface area contributed by atoms with E-state index in [9.17, 15) is 0 Å². The van der Waals surface area contributed by atoms with E-state index in [0.717, 1.165) is 0 Å². The molecule has 1 aromatic heterocycles. The van der Waals surface area contributed by atoms with Gasteiger partial charge in [-0.15, -0.1) is 11.3 Å². The molecule has 1 heteroatoms. The predicted molar refractivity (Wildman–Crippen MR) is 279 cm³/mol. The van der Waals surface area contributed by atoms with Crippen molar-refractivity contribution in [2.75, 3.05) is 0 Å². The van der Waals surface area contributed by atoms with E-state index in [0.29, 0.717) is 0 Å². The minimum Gasteiger partial charge on any atom is -0.135 e. The van der Waals surface area contributed by atoms with Gasteiger partial charge in [0.2, 0.25) is 0 Å². The monoisotopic (exact) mass is 836 g/mol. The summed E-state index contributed by atoms with van der Waals surface area (Å²) in [7, 11) is 0. The molecule has 9 aromatic rings. The van der Waals surface area contributed by atoms with Crippen molar-refractivity contribution in [1.29, 1.82) is 0 Å². The Morgan fingerprint density at radius 1 is 0.413 bits per heavy atom. The summed E-state index contributed by atoms with van der Waals surface area (Å²) in [6.07, 6.45) is 7.06. The molecule has 0 amide bonds. The molecule has 0 bridgehead atoms. The summed E-state index contributed by atoms with van der Waals surface area (Å²) in [4.78, 5) is 0. The molecule has 0 atom stereocenters. The number of fused-ring (bicyclic) bond motifs is 5. The number of rotatable bonds is 3. The third kappa shape index (κ3) is 10.7. The zero-order valence-corrected chi connectivity index (χ0v) is 38.8. The first-order valence-corrected chi connectivity index (χ1v) is 23.3. The molecule has 0 unspecified atom stereocenters. The highest BCUT2D eigenvalue weighted by atomic mass is 32.1. The maximum Gasteiger partial charge on any atom is 0.0355 e. The highest BCUT2D eigenvalue weighted by Gasteiger charge is 2.36. The highest BCUT2D eigenvalue weighted by Crippen LogP contribution is 2.50. The van der Waals surface area contributed by atoms with Crippen molar-refractivity contribution >= 4 is 37.1 Å². The summed E-state index contributed by atoms with van der Waals surface area (Å²) in [5, 5.41) is 2.73. The largest absolute Gasteiger partial charge is 0.135 e. The van der Waals surface area contributed by atoms with Gasteiger partial charge in [-0.2, -0.15) is 0 Å². The van der Waals surface area contributed by atoms with Gasteiger partial charge < -0.3 is 0 Å². The summed E-state index contributed by atoms with van der Waals surface area (Å²) in [6, 6.07) is 70.8. The van der Waals surface area contributed by atoms with Crippen LogP contribution in [0.4, 0.5) is 0 Å². The molecule has 0 saturated carbocycles. The van der Waals surface area contributed by atoms with Crippen molar-refractivity contribution in [2.24, 2.45) is 0 Å². The number of thiophene rings is 1. The van der Waals surface area contributed by atoms with Gasteiger partial charge in [0.05, 0.1) is 0 Å². The van der Waals surface area contributed by atoms with Crippen LogP contribution in [-0.4, -0.2) is 0 Å². The molecule has 0 radical (unpaired) electrons. The molecule has 1 heterocycles. The molecule has 2 aliphatic carbocycles. The van der Waals surface area contributed by atoms with E-state index >= 15 is 0 Å². The Bertz CT molecular complexity index is 2890. The topological polar surface area (TPSA) is 0 Å². The second-order valence-corrected chi connectivity index (χ2v) is 17.7. The smallest absolute Gasteiger partial charge is 0.0355 e. The van der Waals surface area contributed by atoms with Crippen LogP contribution in [0.2, 0.25) is 0 Å². The Labute approximate surface area is 381 Å². The average Bonchev–Trinajstić information content (AvgIpc) is 3.82. The molecule has 0 N–H and O–H groups in total. The lowest BCUT2D eigenvalue weighted by Crippen LogP contribution is -2.17. The molecule has 0 aliphatic heterocycles. The summed E-state index contributed by atoms with van der Waals surface area (Å²) >= 11 is 1.87. The molecule has 8 aromatic carbocycles. The van der Waals surface area contributed by atoms with Crippen molar-refractivity contribution < 1.29 is 0 Å². The van der Waals surface area contributed by atoms with Crippen molar-refractivity contribution in [3.8, 4) is 33.4 Å². The lowest BCUT2D eigenvalue weighted by Gasteiger charge is -2.25. The van der Waals surface area contributed by atoms with Gasteiger partial charge in [-0.05, 0) is 102 Å². The van der Waals surface area contributed by atoms with Crippen molar-refractivity contribution in [1.82, 2.24) is 0 Å². The standard InChI is InChI=1S/C19H14S.C16H18.C13H12.C12H10.C2H6/c1-13-5-4-6-14(11-13)15-9-10-19-17(12-15)16-7-2-3-8-18(16)20-19;1-11-8-9-13-12-6-4-5-7-14(12)16(2,3)15(13)10-11;1-11-7-9-13(10-8-11)12-5-3-2-4-6-12;1-3-7-11(8-4-1)12-9-5-2-6-10-12;1-2/h2-12H,1H3;4,6,8-10H,5,7H2,1-3H3;2-10H,1H3;1-10H;1-2H3. The van der Waals surface area contributed by atoms with E-state index in [1.54, 1.807) is 5.57 Å². The number of hydrogen-bond acceptors (Lipinski definition) is 1. The molecule has 0 saturated heterocycles. The fourth-order valence-electron chi connectivity index (χ4n) is 8.51. The summed E-state index contributed by atoms with van der Waals surface area (Å²) < 4.78 is 2.73. The summed E-state index contributed by atoms with van der Waals surface area (Å²) in [5.41, 5.74) is 18.0. The van der Waals surface area contributed by atoms with Crippen LogP contribution in [-0.2, 0) is 5.41 Å². The first kappa shape index (κ1) is 44.5. The second kappa shape index (κ2) is 21.0. The average molecular weight is 837 g/mol. The maximum atomic E-state index is 2.37. The van der Waals surface area contributed by atoms with Crippen LogP contribution in [0.15, 0.2) is 218 Å². The number of aryl methyl sites for hydroxylation is 3. The molecular weight excluding hydrogens is 777 g/mol. The van der Waals surface area contributed by atoms with Crippen LogP contribution in [0, 0.1) is 20.8 Å². The van der Waals surface area contributed by atoms with Gasteiger partial charge in [0, 0.05) is 25.6 Å². The number of allylic oxidation sites excluding steroid dienone is 4. The minimum absolute atomic E-state index is 0.238. The first-order chi connectivity index (χ1) is 30.7. The van der Waals surface area contributed by atoms with Gasteiger partial charge in [-0.25, -0.2) is 0 Å². The highest BCUT2D eigenvalue weighted by molar-refractivity contribution is 7.25. The molecule has 2 aliphatic rings. The van der Waals surface area contributed by atoms with Crippen molar-refractivity contribution in [3.05, 3.63) is 246 Å². The van der Waals surface area contributed by atoms with Gasteiger partial charge >= 0.3 is 0 Å². The quantitative estimate of drug-likeness (QED) is 0.166. The van der Waals surface area contributed by atoms with E-state index in [-0.39, 0.29) is 5.41 Å². The van der Waals surface area contributed by atoms with Crippen LogP contribution in [0.5, 0.6) is 0 Å². The minimum atomic E-state index is 0.238. The van der Waals surface area contributed by atoms with E-state index in [1.807, 2.05) is 43.4 Å². The van der Waals surface area contributed by atoms with Crippen molar-refractivity contribution in [3.63, 3.8) is 0 Å². The fourth-order valence-corrected chi connectivity index (χ4v) is 9.59. The normalized spacial score (nSPS) is 12.9. The molecule has 0 spiro atoms. The van der Waals surface area contributed by atoms with E-state index in [4.69, 9.17) is 0 Å². The zero-order valence-electron chi connectivity index (χ0n) is 38.0. The molecule has 63 heavy (non-hydrogen) atoms. The number of benzene rings is 8. The predicted octanol–water partition coefficient (Wildman–Crippen LogP) is 18.5. The first-order valence-electron chi connectivity index (χ1n) is 22.5. The Hall–Kier alpha value is -6.54. The van der Waals surface area contributed by atoms with E-state index in [2.05, 4.69) is 229 Å². The molecule has 11 rings (SSSR count). The maximum absolute atomic E-state index is 2.37. The molecule has 0 nitrogen and oxygen atoms in total. The van der Waals surface area contributed by atoms with Gasteiger partial charge in [0.1, 0.15) is 0 Å². The Kier molecular flexibility index (Phi) is 14.9. The zero-order chi connectivity index (χ0) is 44.2. The van der Waals surface area contributed by atoms with Crippen LogP contribution < -0.4 is 0 Å². The Morgan fingerprint density at radius 2 is 0.905 bits per heavy atom. The van der Waals surface area contributed by atoms with Crippen molar-refractivity contribution in [2.45, 2.75) is 66.7 Å². The molecule has 0 fully saturated rings.